The first-order chi connectivity index (χ1) is 9.70. The standard InChI is InChI=1S/C18H20O2/c1-3-17(19)14(2)20-18-12-8-7-11-16(18)13-15-9-5-4-6-10-15/h4-12,14H,3,13H2,1-2H3. The normalized spacial score (nSPS) is 11.9. The fourth-order valence-corrected chi connectivity index (χ4v) is 2.12. The quantitative estimate of drug-likeness (QED) is 0.791. The van der Waals surface area contributed by atoms with Crippen LogP contribution in [0, 0.1) is 0 Å². The molecule has 0 radical (unpaired) electrons. The van der Waals surface area contributed by atoms with Crippen molar-refractivity contribution in [3.05, 3.63) is 65.7 Å². The molecule has 0 fully saturated rings. The van der Waals surface area contributed by atoms with Crippen LogP contribution in [0.3, 0.4) is 0 Å². The maximum atomic E-state index is 11.7. The van der Waals surface area contributed by atoms with E-state index in [-0.39, 0.29) is 5.78 Å². The Balaban J connectivity index is 2.16. The first-order valence-electron chi connectivity index (χ1n) is 7.02. The number of para-hydroxylation sites is 1. The van der Waals surface area contributed by atoms with Gasteiger partial charge < -0.3 is 4.74 Å². The maximum Gasteiger partial charge on any atom is 0.172 e. The molecule has 2 heteroatoms. The van der Waals surface area contributed by atoms with Crippen molar-refractivity contribution >= 4 is 5.78 Å². The number of ketones is 1. The molecule has 0 aliphatic heterocycles. The molecule has 2 aromatic carbocycles. The number of carbonyl (C=O) groups excluding carboxylic acids is 1. The van der Waals surface area contributed by atoms with Gasteiger partial charge in [-0.2, -0.15) is 0 Å². The summed E-state index contributed by atoms with van der Waals surface area (Å²) in [6, 6.07) is 18.2. The molecule has 0 aliphatic carbocycles. The van der Waals surface area contributed by atoms with E-state index in [1.165, 1.54) is 5.56 Å². The van der Waals surface area contributed by atoms with Crippen molar-refractivity contribution in [3.8, 4) is 5.75 Å². The van der Waals surface area contributed by atoms with E-state index in [0.29, 0.717) is 6.42 Å². The van der Waals surface area contributed by atoms with Crippen molar-refractivity contribution < 1.29 is 9.53 Å². The Bertz CT molecular complexity index is 561. The lowest BCUT2D eigenvalue weighted by atomic mass is 10.0. The third-order valence-corrected chi connectivity index (χ3v) is 3.32. The van der Waals surface area contributed by atoms with E-state index in [4.69, 9.17) is 4.74 Å². The smallest absolute Gasteiger partial charge is 0.172 e. The Morgan fingerprint density at radius 2 is 1.70 bits per heavy atom. The van der Waals surface area contributed by atoms with Crippen LogP contribution in [0.2, 0.25) is 0 Å². The van der Waals surface area contributed by atoms with Gasteiger partial charge in [-0.25, -0.2) is 0 Å². The molecule has 0 bridgehead atoms. The zero-order chi connectivity index (χ0) is 14.4. The van der Waals surface area contributed by atoms with E-state index >= 15 is 0 Å². The summed E-state index contributed by atoms with van der Waals surface area (Å²) in [5.74, 6) is 0.921. The molecule has 0 amide bonds. The van der Waals surface area contributed by atoms with Gasteiger partial charge in [-0.1, -0.05) is 55.5 Å². The molecule has 2 rings (SSSR count). The van der Waals surface area contributed by atoms with Crippen LogP contribution in [0.25, 0.3) is 0 Å². The Morgan fingerprint density at radius 1 is 1.05 bits per heavy atom. The second-order valence-electron chi connectivity index (χ2n) is 4.85. The van der Waals surface area contributed by atoms with Gasteiger partial charge in [0.15, 0.2) is 11.9 Å². The molecule has 2 aromatic rings. The van der Waals surface area contributed by atoms with E-state index in [9.17, 15) is 4.79 Å². The van der Waals surface area contributed by atoms with Crippen LogP contribution >= 0.6 is 0 Å². The van der Waals surface area contributed by atoms with Gasteiger partial charge in [0.2, 0.25) is 0 Å². The molecule has 0 aliphatic rings. The van der Waals surface area contributed by atoms with Crippen molar-refractivity contribution in [1.82, 2.24) is 0 Å². The molecular weight excluding hydrogens is 248 g/mol. The first kappa shape index (κ1) is 14.3. The predicted octanol–water partition coefficient (Wildman–Crippen LogP) is 4.02. The lowest BCUT2D eigenvalue weighted by molar-refractivity contribution is -0.124. The fraction of sp³-hybridized carbons (Fsp3) is 0.278. The molecule has 0 saturated carbocycles. The van der Waals surface area contributed by atoms with E-state index in [2.05, 4.69) is 12.1 Å². The van der Waals surface area contributed by atoms with Crippen LogP contribution in [0.4, 0.5) is 0 Å². The van der Waals surface area contributed by atoms with Crippen molar-refractivity contribution in [2.75, 3.05) is 0 Å². The minimum atomic E-state index is -0.392. The lowest BCUT2D eigenvalue weighted by Gasteiger charge is -2.16. The molecule has 0 N–H and O–H groups in total. The summed E-state index contributed by atoms with van der Waals surface area (Å²) in [6.45, 7) is 3.67. The van der Waals surface area contributed by atoms with Gasteiger partial charge >= 0.3 is 0 Å². The SMILES string of the molecule is CCC(=O)C(C)Oc1ccccc1Cc1ccccc1. The molecule has 2 nitrogen and oxygen atoms in total. The first-order valence-corrected chi connectivity index (χ1v) is 7.02. The third kappa shape index (κ3) is 3.70. The van der Waals surface area contributed by atoms with Crippen LogP contribution in [0.1, 0.15) is 31.4 Å². The Hall–Kier alpha value is -2.09. The molecule has 1 unspecified atom stereocenters. The predicted molar refractivity (Wildman–Crippen MR) is 81.1 cm³/mol. The summed E-state index contributed by atoms with van der Waals surface area (Å²) in [6.07, 6.45) is 0.920. The van der Waals surface area contributed by atoms with E-state index in [1.807, 2.05) is 56.3 Å². The van der Waals surface area contributed by atoms with Crippen LogP contribution < -0.4 is 4.74 Å². The molecule has 104 valence electrons. The maximum absolute atomic E-state index is 11.7. The van der Waals surface area contributed by atoms with Crippen LogP contribution in [-0.2, 0) is 11.2 Å². The number of hydrogen-bond donors (Lipinski definition) is 0. The van der Waals surface area contributed by atoms with Gasteiger partial charge in [0.25, 0.3) is 0 Å². The highest BCUT2D eigenvalue weighted by atomic mass is 16.5. The third-order valence-electron chi connectivity index (χ3n) is 3.32. The molecule has 0 saturated heterocycles. The summed E-state index contributed by atoms with van der Waals surface area (Å²) in [4.78, 5) is 11.7. The molecule has 0 heterocycles. The number of rotatable bonds is 6. The van der Waals surface area contributed by atoms with E-state index < -0.39 is 6.10 Å². The second kappa shape index (κ2) is 6.90. The van der Waals surface area contributed by atoms with E-state index in [1.54, 1.807) is 0 Å². The molecule has 0 spiro atoms. The number of Topliss-reactive ketones (excluding diaryl/α,β-unsaturated/α-hetero) is 1. The molecular formula is C18H20O2. The average Bonchev–Trinajstić information content (AvgIpc) is 2.49. The highest BCUT2D eigenvalue weighted by Crippen LogP contribution is 2.22. The van der Waals surface area contributed by atoms with Gasteiger partial charge in [-0.3, -0.25) is 4.79 Å². The minimum absolute atomic E-state index is 0.125. The monoisotopic (exact) mass is 268 g/mol. The topological polar surface area (TPSA) is 26.3 Å². The summed E-state index contributed by atoms with van der Waals surface area (Å²) in [5.41, 5.74) is 2.34. The minimum Gasteiger partial charge on any atom is -0.483 e. The van der Waals surface area contributed by atoms with Crippen molar-refractivity contribution in [2.24, 2.45) is 0 Å². The zero-order valence-corrected chi connectivity index (χ0v) is 12.0. The van der Waals surface area contributed by atoms with E-state index in [0.717, 1.165) is 17.7 Å². The van der Waals surface area contributed by atoms with Gasteiger partial charge in [0.05, 0.1) is 0 Å². The Kier molecular flexibility index (Phi) is 4.94. The largest absolute Gasteiger partial charge is 0.483 e. The highest BCUT2D eigenvalue weighted by molar-refractivity contribution is 5.82. The van der Waals surface area contributed by atoms with Gasteiger partial charge in [0.1, 0.15) is 5.75 Å². The molecule has 0 aromatic heterocycles. The fourth-order valence-electron chi connectivity index (χ4n) is 2.12. The van der Waals surface area contributed by atoms with Gasteiger partial charge in [0, 0.05) is 12.8 Å². The summed E-state index contributed by atoms with van der Waals surface area (Å²) in [7, 11) is 0. The number of carbonyl (C=O) groups is 1. The number of hydrogen-bond acceptors (Lipinski definition) is 2. The van der Waals surface area contributed by atoms with Crippen molar-refractivity contribution in [3.63, 3.8) is 0 Å². The molecule has 1 atom stereocenters. The van der Waals surface area contributed by atoms with Crippen LogP contribution in [-0.4, -0.2) is 11.9 Å². The zero-order valence-electron chi connectivity index (χ0n) is 12.0. The van der Waals surface area contributed by atoms with Crippen LogP contribution in [0.5, 0.6) is 5.75 Å². The highest BCUT2D eigenvalue weighted by Gasteiger charge is 2.14. The van der Waals surface area contributed by atoms with Crippen LogP contribution in [0.15, 0.2) is 54.6 Å². The summed E-state index contributed by atoms with van der Waals surface area (Å²) < 4.78 is 5.82. The number of ether oxygens (including phenoxy) is 1. The second-order valence-corrected chi connectivity index (χ2v) is 4.85. The summed E-state index contributed by atoms with van der Waals surface area (Å²) >= 11 is 0. The Morgan fingerprint density at radius 3 is 2.40 bits per heavy atom. The number of benzene rings is 2. The average molecular weight is 268 g/mol. The summed E-state index contributed by atoms with van der Waals surface area (Å²) in [5, 5.41) is 0. The van der Waals surface area contributed by atoms with Gasteiger partial charge in [-0.15, -0.1) is 0 Å². The Labute approximate surface area is 120 Å². The van der Waals surface area contributed by atoms with Crippen molar-refractivity contribution in [1.29, 1.82) is 0 Å². The molecule has 20 heavy (non-hydrogen) atoms. The lowest BCUT2D eigenvalue weighted by Crippen LogP contribution is -2.23. The van der Waals surface area contributed by atoms with Crippen molar-refractivity contribution in [2.45, 2.75) is 32.8 Å². The van der Waals surface area contributed by atoms with Gasteiger partial charge in [-0.05, 0) is 24.1 Å².